The van der Waals surface area contributed by atoms with Crippen LogP contribution < -0.4 is 0 Å². The third-order valence-electron chi connectivity index (χ3n) is 4.03. The lowest BCUT2D eigenvalue weighted by Gasteiger charge is -2.16. The molecular weight excluding hydrogens is 246 g/mol. The van der Waals surface area contributed by atoms with Gasteiger partial charge in [-0.3, -0.25) is 9.59 Å². The van der Waals surface area contributed by atoms with E-state index >= 15 is 0 Å². The Hall–Kier alpha value is -1.10. The molecule has 2 aliphatic rings. The van der Waals surface area contributed by atoms with Crippen molar-refractivity contribution >= 4 is 11.9 Å². The lowest BCUT2D eigenvalue weighted by molar-refractivity contribution is -0.142. The van der Waals surface area contributed by atoms with Crippen molar-refractivity contribution in [3.63, 3.8) is 0 Å². The first-order valence-electron chi connectivity index (χ1n) is 7.11. The molecule has 2 atom stereocenters. The van der Waals surface area contributed by atoms with Crippen molar-refractivity contribution in [2.45, 2.75) is 39.2 Å². The van der Waals surface area contributed by atoms with Crippen molar-refractivity contribution in [2.75, 3.05) is 19.7 Å². The zero-order valence-corrected chi connectivity index (χ0v) is 11.7. The van der Waals surface area contributed by atoms with E-state index in [-0.39, 0.29) is 23.8 Å². The molecule has 1 N–H and O–H groups in total. The molecule has 0 bridgehead atoms. The summed E-state index contributed by atoms with van der Waals surface area (Å²) in [5.74, 6) is -0.429. The van der Waals surface area contributed by atoms with E-state index in [4.69, 9.17) is 4.74 Å². The zero-order chi connectivity index (χ0) is 14.0. The largest absolute Gasteiger partial charge is 0.481 e. The molecule has 0 spiro atoms. The molecule has 2 fully saturated rings. The Kier molecular flexibility index (Phi) is 4.45. The van der Waals surface area contributed by atoms with Crippen LogP contribution in [-0.4, -0.2) is 47.7 Å². The summed E-state index contributed by atoms with van der Waals surface area (Å²) < 4.78 is 5.37. The van der Waals surface area contributed by atoms with Gasteiger partial charge < -0.3 is 14.7 Å². The van der Waals surface area contributed by atoms with Gasteiger partial charge >= 0.3 is 5.97 Å². The molecule has 19 heavy (non-hydrogen) atoms. The second kappa shape index (κ2) is 5.90. The third kappa shape index (κ3) is 3.69. The number of likely N-dealkylation sites (tertiary alicyclic amines) is 1. The van der Waals surface area contributed by atoms with Crippen molar-refractivity contribution in [2.24, 2.45) is 17.8 Å². The number of ether oxygens (including phenoxy) is 1. The van der Waals surface area contributed by atoms with Crippen LogP contribution in [-0.2, 0) is 14.3 Å². The van der Waals surface area contributed by atoms with E-state index in [1.54, 1.807) is 4.90 Å². The fourth-order valence-corrected chi connectivity index (χ4v) is 2.84. The monoisotopic (exact) mass is 269 g/mol. The van der Waals surface area contributed by atoms with E-state index in [1.165, 1.54) is 0 Å². The average Bonchev–Trinajstić information content (AvgIpc) is 3.07. The Morgan fingerprint density at radius 3 is 2.53 bits per heavy atom. The molecule has 1 saturated carbocycles. The van der Waals surface area contributed by atoms with Gasteiger partial charge in [-0.05, 0) is 38.5 Å². The summed E-state index contributed by atoms with van der Waals surface area (Å²) in [7, 11) is 0. The van der Waals surface area contributed by atoms with Crippen LogP contribution in [0.1, 0.15) is 33.1 Å². The molecule has 1 saturated heterocycles. The minimum Gasteiger partial charge on any atom is -0.481 e. The first kappa shape index (κ1) is 14.3. The first-order valence-corrected chi connectivity index (χ1v) is 7.11. The quantitative estimate of drug-likeness (QED) is 0.791. The number of hydrogen-bond acceptors (Lipinski definition) is 3. The van der Waals surface area contributed by atoms with E-state index in [1.807, 2.05) is 13.8 Å². The Balaban J connectivity index is 1.84. The second-order valence-corrected chi connectivity index (χ2v) is 5.91. The standard InChI is InChI=1S/C14H23NO4/c1-9(2)19-6-5-13(16)15-7-11(10-3-4-10)12(8-15)14(17)18/h9-12H,3-8H2,1-2H3,(H,17,18)/t11-,12+/m1/s1. The fraction of sp³-hybridized carbons (Fsp3) is 0.857. The highest BCUT2D eigenvalue weighted by atomic mass is 16.5. The Labute approximate surface area is 113 Å². The molecule has 1 aliphatic heterocycles. The number of carbonyl (C=O) groups excluding carboxylic acids is 1. The molecule has 1 aliphatic carbocycles. The van der Waals surface area contributed by atoms with Crippen LogP contribution in [0.15, 0.2) is 0 Å². The van der Waals surface area contributed by atoms with Crippen molar-refractivity contribution in [1.82, 2.24) is 4.90 Å². The molecule has 1 amide bonds. The normalized spacial score (nSPS) is 27.0. The van der Waals surface area contributed by atoms with E-state index in [2.05, 4.69) is 0 Å². The van der Waals surface area contributed by atoms with Crippen molar-refractivity contribution in [3.8, 4) is 0 Å². The van der Waals surface area contributed by atoms with Crippen LogP contribution in [0, 0.1) is 17.8 Å². The molecule has 0 unspecified atom stereocenters. The summed E-state index contributed by atoms with van der Waals surface area (Å²) in [5.41, 5.74) is 0. The minimum atomic E-state index is -0.759. The van der Waals surface area contributed by atoms with E-state index in [0.29, 0.717) is 32.0 Å². The third-order valence-corrected chi connectivity index (χ3v) is 4.03. The fourth-order valence-electron chi connectivity index (χ4n) is 2.84. The van der Waals surface area contributed by atoms with Gasteiger partial charge in [-0.1, -0.05) is 0 Å². The summed E-state index contributed by atoms with van der Waals surface area (Å²) in [5, 5.41) is 9.25. The van der Waals surface area contributed by atoms with Crippen molar-refractivity contribution < 1.29 is 19.4 Å². The van der Waals surface area contributed by atoms with Gasteiger partial charge in [0.25, 0.3) is 0 Å². The molecule has 1 heterocycles. The van der Waals surface area contributed by atoms with Crippen LogP contribution in [0.25, 0.3) is 0 Å². The molecule has 0 aromatic heterocycles. The number of carboxylic acids is 1. The van der Waals surface area contributed by atoms with Gasteiger partial charge in [0.05, 0.1) is 25.0 Å². The van der Waals surface area contributed by atoms with Crippen LogP contribution in [0.2, 0.25) is 0 Å². The van der Waals surface area contributed by atoms with Gasteiger partial charge in [-0.15, -0.1) is 0 Å². The Bertz CT molecular complexity index is 351. The second-order valence-electron chi connectivity index (χ2n) is 5.91. The van der Waals surface area contributed by atoms with Crippen molar-refractivity contribution in [3.05, 3.63) is 0 Å². The van der Waals surface area contributed by atoms with Crippen LogP contribution in [0.5, 0.6) is 0 Å². The lowest BCUT2D eigenvalue weighted by Crippen LogP contribution is -2.30. The van der Waals surface area contributed by atoms with Crippen LogP contribution in [0.3, 0.4) is 0 Å². The lowest BCUT2D eigenvalue weighted by atomic mass is 9.92. The van der Waals surface area contributed by atoms with Crippen LogP contribution in [0.4, 0.5) is 0 Å². The summed E-state index contributed by atoms with van der Waals surface area (Å²) in [4.78, 5) is 25.0. The summed E-state index contributed by atoms with van der Waals surface area (Å²) in [6, 6.07) is 0. The highest BCUT2D eigenvalue weighted by Gasteiger charge is 2.46. The van der Waals surface area contributed by atoms with Crippen LogP contribution >= 0.6 is 0 Å². The van der Waals surface area contributed by atoms with Gasteiger partial charge in [0, 0.05) is 13.1 Å². The zero-order valence-electron chi connectivity index (χ0n) is 11.7. The van der Waals surface area contributed by atoms with Gasteiger partial charge in [0.1, 0.15) is 0 Å². The van der Waals surface area contributed by atoms with Gasteiger partial charge in [-0.25, -0.2) is 0 Å². The maximum atomic E-state index is 12.0. The maximum absolute atomic E-state index is 12.0. The van der Waals surface area contributed by atoms with Gasteiger partial charge in [0.15, 0.2) is 0 Å². The average molecular weight is 269 g/mol. The predicted octanol–water partition coefficient (Wildman–Crippen LogP) is 1.37. The van der Waals surface area contributed by atoms with E-state index < -0.39 is 5.97 Å². The molecular formula is C14H23NO4. The number of carbonyl (C=O) groups is 2. The number of rotatable bonds is 6. The molecule has 0 radical (unpaired) electrons. The SMILES string of the molecule is CC(C)OCCC(=O)N1C[C@H](C(=O)O)[C@@H](C2CC2)C1. The predicted molar refractivity (Wildman–Crippen MR) is 69.6 cm³/mol. The van der Waals surface area contributed by atoms with E-state index in [9.17, 15) is 14.7 Å². The highest BCUT2D eigenvalue weighted by molar-refractivity contribution is 5.79. The molecule has 5 nitrogen and oxygen atoms in total. The molecule has 0 aromatic rings. The summed E-state index contributed by atoms with van der Waals surface area (Å²) in [6.45, 7) is 5.27. The van der Waals surface area contributed by atoms with E-state index in [0.717, 1.165) is 12.8 Å². The highest BCUT2D eigenvalue weighted by Crippen LogP contribution is 2.44. The topological polar surface area (TPSA) is 66.8 Å². The van der Waals surface area contributed by atoms with Gasteiger partial charge in [0.2, 0.25) is 5.91 Å². The Morgan fingerprint density at radius 1 is 1.32 bits per heavy atom. The summed E-state index contributed by atoms with van der Waals surface area (Å²) >= 11 is 0. The number of nitrogens with zero attached hydrogens (tertiary/aromatic N) is 1. The maximum Gasteiger partial charge on any atom is 0.308 e. The minimum absolute atomic E-state index is 0.0232. The summed E-state index contributed by atoms with van der Waals surface area (Å²) in [6.07, 6.45) is 2.71. The Morgan fingerprint density at radius 2 is 2.00 bits per heavy atom. The first-order chi connectivity index (χ1) is 8.99. The molecule has 5 heteroatoms. The number of hydrogen-bond donors (Lipinski definition) is 1. The molecule has 0 aromatic carbocycles. The molecule has 108 valence electrons. The number of amides is 1. The number of carboxylic acid groups (broad SMARTS) is 1. The van der Waals surface area contributed by atoms with Gasteiger partial charge in [-0.2, -0.15) is 0 Å². The number of aliphatic carboxylic acids is 1. The smallest absolute Gasteiger partial charge is 0.308 e. The molecule has 2 rings (SSSR count). The van der Waals surface area contributed by atoms with Crippen molar-refractivity contribution in [1.29, 1.82) is 0 Å².